The first-order chi connectivity index (χ1) is 9.58. The van der Waals surface area contributed by atoms with Crippen molar-refractivity contribution in [3.8, 4) is 0 Å². The number of hydrogen-bond acceptors (Lipinski definition) is 5. The first-order valence-corrected chi connectivity index (χ1v) is 6.57. The van der Waals surface area contributed by atoms with Crippen molar-refractivity contribution in [2.24, 2.45) is 0 Å². The molecule has 0 bridgehead atoms. The summed E-state index contributed by atoms with van der Waals surface area (Å²) in [6.07, 6.45) is 1.61. The molecule has 0 saturated heterocycles. The van der Waals surface area contributed by atoms with Crippen molar-refractivity contribution in [2.75, 3.05) is 11.9 Å². The largest absolute Gasteiger partial charge is 0.444 e. The van der Waals surface area contributed by atoms with Gasteiger partial charge >= 0.3 is 0 Å². The molecule has 0 aliphatic heterocycles. The van der Waals surface area contributed by atoms with Gasteiger partial charge in [0.25, 0.3) is 5.91 Å². The van der Waals surface area contributed by atoms with Crippen molar-refractivity contribution in [1.29, 1.82) is 0 Å². The lowest BCUT2D eigenvalue weighted by atomic mass is 10.2. The number of nitrogens with zero attached hydrogens (tertiary/aromatic N) is 2. The minimum Gasteiger partial charge on any atom is -0.444 e. The van der Waals surface area contributed by atoms with E-state index < -0.39 is 0 Å². The molecule has 0 spiro atoms. The van der Waals surface area contributed by atoms with E-state index >= 15 is 0 Å². The predicted octanol–water partition coefficient (Wildman–Crippen LogP) is 2.39. The van der Waals surface area contributed by atoms with Crippen molar-refractivity contribution in [1.82, 2.24) is 15.3 Å². The van der Waals surface area contributed by atoms with E-state index in [0.29, 0.717) is 29.6 Å². The SMILES string of the molecule is CCNc1cc(C(=O)NCc2ncc(C)o2)cc(Cl)n1. The highest BCUT2D eigenvalue weighted by atomic mass is 35.5. The van der Waals surface area contributed by atoms with Crippen LogP contribution in [0.3, 0.4) is 0 Å². The van der Waals surface area contributed by atoms with Crippen LogP contribution in [0.1, 0.15) is 28.9 Å². The Morgan fingerprint density at radius 3 is 2.90 bits per heavy atom. The topological polar surface area (TPSA) is 80.0 Å². The number of nitrogens with one attached hydrogen (secondary N) is 2. The molecule has 0 aliphatic carbocycles. The maximum absolute atomic E-state index is 12.0. The van der Waals surface area contributed by atoms with Crippen LogP contribution in [0.4, 0.5) is 5.82 Å². The van der Waals surface area contributed by atoms with Gasteiger partial charge in [0.1, 0.15) is 16.7 Å². The molecular formula is C13H15ClN4O2. The molecule has 7 heteroatoms. The molecule has 2 aromatic heterocycles. The molecule has 0 saturated carbocycles. The molecule has 0 aromatic carbocycles. The molecule has 0 unspecified atom stereocenters. The van der Waals surface area contributed by atoms with Crippen LogP contribution in [0.25, 0.3) is 0 Å². The molecule has 0 radical (unpaired) electrons. The zero-order valence-corrected chi connectivity index (χ0v) is 12.0. The quantitative estimate of drug-likeness (QED) is 0.828. The number of hydrogen-bond donors (Lipinski definition) is 2. The molecule has 2 aromatic rings. The maximum Gasteiger partial charge on any atom is 0.251 e. The summed E-state index contributed by atoms with van der Waals surface area (Å²) in [6, 6.07) is 3.16. The van der Waals surface area contributed by atoms with Crippen molar-refractivity contribution < 1.29 is 9.21 Å². The Hall–Kier alpha value is -2.08. The molecular weight excluding hydrogens is 280 g/mol. The fourth-order valence-electron chi connectivity index (χ4n) is 1.64. The molecule has 2 rings (SSSR count). The number of aromatic nitrogens is 2. The van der Waals surface area contributed by atoms with Crippen LogP contribution in [-0.2, 0) is 6.54 Å². The molecule has 2 N–H and O–H groups in total. The first-order valence-electron chi connectivity index (χ1n) is 6.19. The minimum atomic E-state index is -0.260. The summed E-state index contributed by atoms with van der Waals surface area (Å²) in [4.78, 5) is 20.1. The lowest BCUT2D eigenvalue weighted by Crippen LogP contribution is -2.23. The Bertz CT molecular complexity index is 612. The van der Waals surface area contributed by atoms with E-state index in [-0.39, 0.29) is 17.6 Å². The van der Waals surface area contributed by atoms with Crippen molar-refractivity contribution >= 4 is 23.3 Å². The average molecular weight is 295 g/mol. The van der Waals surface area contributed by atoms with Crippen LogP contribution >= 0.6 is 11.6 Å². The molecule has 0 aliphatic rings. The number of aryl methyl sites for hydroxylation is 1. The summed E-state index contributed by atoms with van der Waals surface area (Å²) in [6.45, 7) is 4.66. The normalized spacial score (nSPS) is 10.3. The molecule has 20 heavy (non-hydrogen) atoms. The van der Waals surface area contributed by atoms with Gasteiger partial charge in [-0.25, -0.2) is 9.97 Å². The van der Waals surface area contributed by atoms with Gasteiger partial charge in [0.05, 0.1) is 12.7 Å². The summed E-state index contributed by atoms with van der Waals surface area (Å²) in [7, 11) is 0. The van der Waals surface area contributed by atoms with Crippen LogP contribution in [0.2, 0.25) is 5.15 Å². The Labute approximate surface area is 121 Å². The smallest absolute Gasteiger partial charge is 0.251 e. The lowest BCUT2D eigenvalue weighted by Gasteiger charge is -2.07. The van der Waals surface area contributed by atoms with Crippen molar-refractivity contribution in [2.45, 2.75) is 20.4 Å². The van der Waals surface area contributed by atoms with Gasteiger partial charge in [-0.05, 0) is 26.0 Å². The van der Waals surface area contributed by atoms with E-state index in [4.69, 9.17) is 16.0 Å². The maximum atomic E-state index is 12.0. The third-order valence-electron chi connectivity index (χ3n) is 2.48. The van der Waals surface area contributed by atoms with E-state index in [9.17, 15) is 4.79 Å². The third kappa shape index (κ3) is 3.71. The number of carbonyl (C=O) groups excluding carboxylic acids is 1. The van der Waals surface area contributed by atoms with Gasteiger partial charge in [-0.2, -0.15) is 0 Å². The van der Waals surface area contributed by atoms with Crippen LogP contribution in [0, 0.1) is 6.92 Å². The van der Waals surface area contributed by atoms with Gasteiger partial charge in [-0.3, -0.25) is 4.79 Å². The van der Waals surface area contributed by atoms with Crippen molar-refractivity contribution in [3.63, 3.8) is 0 Å². The molecule has 106 valence electrons. The standard InChI is InChI=1S/C13H15ClN4O2/c1-3-15-11-5-9(4-10(14)18-11)13(19)17-7-12-16-6-8(2)20-12/h4-6H,3,7H2,1-2H3,(H,15,18)(H,17,19). The zero-order chi connectivity index (χ0) is 14.5. The average Bonchev–Trinajstić information content (AvgIpc) is 2.81. The highest BCUT2D eigenvalue weighted by Crippen LogP contribution is 2.14. The monoisotopic (exact) mass is 294 g/mol. The van der Waals surface area contributed by atoms with E-state index in [1.165, 1.54) is 6.07 Å². The summed E-state index contributed by atoms with van der Waals surface area (Å²) in [5, 5.41) is 5.99. The molecule has 2 heterocycles. The van der Waals surface area contributed by atoms with Gasteiger partial charge in [-0.1, -0.05) is 11.6 Å². The van der Waals surface area contributed by atoms with Gasteiger partial charge < -0.3 is 15.1 Å². The summed E-state index contributed by atoms with van der Waals surface area (Å²) in [5.74, 6) is 1.47. The van der Waals surface area contributed by atoms with Gasteiger partial charge in [0.15, 0.2) is 0 Å². The van der Waals surface area contributed by atoms with E-state index in [2.05, 4.69) is 20.6 Å². The van der Waals surface area contributed by atoms with Crippen LogP contribution < -0.4 is 10.6 Å². The summed E-state index contributed by atoms with van der Waals surface area (Å²) < 4.78 is 5.28. The first kappa shape index (κ1) is 14.3. The third-order valence-corrected chi connectivity index (χ3v) is 2.68. The Balaban J connectivity index is 2.04. The Morgan fingerprint density at radius 2 is 2.25 bits per heavy atom. The highest BCUT2D eigenvalue weighted by molar-refractivity contribution is 6.29. The molecule has 6 nitrogen and oxygen atoms in total. The van der Waals surface area contributed by atoms with Gasteiger partial charge in [0, 0.05) is 12.1 Å². The van der Waals surface area contributed by atoms with E-state index in [0.717, 1.165) is 0 Å². The number of anilines is 1. The predicted molar refractivity (Wildman–Crippen MR) is 75.8 cm³/mol. The minimum absolute atomic E-state index is 0.225. The summed E-state index contributed by atoms with van der Waals surface area (Å²) >= 11 is 5.89. The Morgan fingerprint density at radius 1 is 1.45 bits per heavy atom. The second kappa shape index (κ2) is 6.38. The molecule has 0 atom stereocenters. The second-order valence-electron chi connectivity index (χ2n) is 4.14. The Kier molecular flexibility index (Phi) is 4.57. The summed E-state index contributed by atoms with van der Waals surface area (Å²) in [5.41, 5.74) is 0.434. The van der Waals surface area contributed by atoms with Crippen molar-refractivity contribution in [3.05, 3.63) is 40.7 Å². The zero-order valence-electron chi connectivity index (χ0n) is 11.2. The number of halogens is 1. The lowest BCUT2D eigenvalue weighted by molar-refractivity contribution is 0.0947. The number of rotatable bonds is 5. The van der Waals surface area contributed by atoms with Crippen LogP contribution in [0.15, 0.2) is 22.7 Å². The number of oxazole rings is 1. The molecule has 0 fully saturated rings. The number of carbonyl (C=O) groups is 1. The fourth-order valence-corrected chi connectivity index (χ4v) is 1.85. The van der Waals surface area contributed by atoms with Crippen LogP contribution in [-0.4, -0.2) is 22.4 Å². The van der Waals surface area contributed by atoms with Gasteiger partial charge in [0.2, 0.25) is 5.89 Å². The second-order valence-corrected chi connectivity index (χ2v) is 4.53. The number of amides is 1. The van der Waals surface area contributed by atoms with Crippen LogP contribution in [0.5, 0.6) is 0 Å². The van der Waals surface area contributed by atoms with E-state index in [1.807, 2.05) is 6.92 Å². The fraction of sp³-hybridized carbons (Fsp3) is 0.308. The highest BCUT2D eigenvalue weighted by Gasteiger charge is 2.10. The molecule has 1 amide bonds. The van der Waals surface area contributed by atoms with E-state index in [1.54, 1.807) is 19.2 Å². The number of pyridine rings is 1. The van der Waals surface area contributed by atoms with Gasteiger partial charge in [-0.15, -0.1) is 0 Å².